The van der Waals surface area contributed by atoms with Crippen LogP contribution >= 0.6 is 0 Å². The van der Waals surface area contributed by atoms with Crippen molar-refractivity contribution in [1.82, 2.24) is 9.78 Å². The summed E-state index contributed by atoms with van der Waals surface area (Å²) < 4.78 is 1.96. The van der Waals surface area contributed by atoms with Gasteiger partial charge in [0.15, 0.2) is 0 Å². The Morgan fingerprint density at radius 3 is 2.88 bits per heavy atom. The summed E-state index contributed by atoms with van der Waals surface area (Å²) in [5.41, 5.74) is 8.19. The van der Waals surface area contributed by atoms with E-state index in [9.17, 15) is 0 Å². The van der Waals surface area contributed by atoms with Crippen molar-refractivity contribution in [3.63, 3.8) is 0 Å². The third kappa shape index (κ3) is 2.40. The van der Waals surface area contributed by atoms with Crippen molar-refractivity contribution < 1.29 is 0 Å². The van der Waals surface area contributed by atoms with E-state index in [-0.39, 0.29) is 0 Å². The minimum absolute atomic E-state index is 0.757. The minimum atomic E-state index is 0.757. The lowest BCUT2D eigenvalue weighted by molar-refractivity contribution is 0.440. The second-order valence-electron chi connectivity index (χ2n) is 5.25. The fourth-order valence-corrected chi connectivity index (χ4v) is 2.76. The summed E-state index contributed by atoms with van der Waals surface area (Å²) in [4.78, 5) is 2.40. The Balaban J connectivity index is 2.24. The lowest BCUT2D eigenvalue weighted by atomic mass is 10.0. The molecule has 0 amide bonds. The van der Waals surface area contributed by atoms with Gasteiger partial charge in [0.1, 0.15) is 5.82 Å². The summed E-state index contributed by atoms with van der Waals surface area (Å²) in [7, 11) is 2.00. The normalized spacial score (nSPS) is 20.9. The number of nitrogens with two attached hydrogens (primary N) is 1. The van der Waals surface area contributed by atoms with Crippen molar-refractivity contribution in [2.75, 3.05) is 23.7 Å². The Labute approximate surface area is 104 Å². The van der Waals surface area contributed by atoms with Crippen molar-refractivity contribution in [1.29, 1.82) is 0 Å². The van der Waals surface area contributed by atoms with Gasteiger partial charge >= 0.3 is 0 Å². The topological polar surface area (TPSA) is 47.1 Å². The number of anilines is 2. The van der Waals surface area contributed by atoms with Crippen LogP contribution in [0.4, 0.5) is 11.5 Å². The summed E-state index contributed by atoms with van der Waals surface area (Å²) in [6, 6.07) is 0. The molecule has 0 aromatic carbocycles. The van der Waals surface area contributed by atoms with Crippen LogP contribution in [0, 0.1) is 5.92 Å². The Morgan fingerprint density at radius 2 is 2.24 bits per heavy atom. The van der Waals surface area contributed by atoms with E-state index in [1.54, 1.807) is 0 Å². The Bertz CT molecular complexity index is 383. The van der Waals surface area contributed by atoms with E-state index in [2.05, 4.69) is 23.8 Å². The van der Waals surface area contributed by atoms with Crippen LogP contribution in [0.2, 0.25) is 0 Å². The Morgan fingerprint density at radius 1 is 1.47 bits per heavy atom. The maximum Gasteiger partial charge on any atom is 0.150 e. The van der Waals surface area contributed by atoms with Gasteiger partial charge in [-0.05, 0) is 25.2 Å². The highest BCUT2D eigenvalue weighted by Crippen LogP contribution is 2.30. The van der Waals surface area contributed by atoms with Crippen LogP contribution in [-0.2, 0) is 13.5 Å². The molecule has 1 fully saturated rings. The smallest absolute Gasteiger partial charge is 0.150 e. The zero-order valence-corrected chi connectivity index (χ0v) is 11.2. The Kier molecular flexibility index (Phi) is 3.60. The van der Waals surface area contributed by atoms with Crippen LogP contribution in [0.1, 0.15) is 38.8 Å². The first-order chi connectivity index (χ1) is 8.13. The van der Waals surface area contributed by atoms with Crippen molar-refractivity contribution in [3.8, 4) is 0 Å². The van der Waals surface area contributed by atoms with Crippen LogP contribution in [0.15, 0.2) is 0 Å². The lowest BCUT2D eigenvalue weighted by Gasteiger charge is -2.32. The third-order valence-electron chi connectivity index (χ3n) is 3.57. The molecule has 17 heavy (non-hydrogen) atoms. The van der Waals surface area contributed by atoms with Gasteiger partial charge in [-0.25, -0.2) is 0 Å². The quantitative estimate of drug-likeness (QED) is 0.875. The van der Waals surface area contributed by atoms with Gasteiger partial charge in [-0.3, -0.25) is 4.68 Å². The SMILES string of the molecule is CCCc1nn(C)c(N2CCCC(C)C2)c1N. The maximum absolute atomic E-state index is 6.24. The zero-order valence-electron chi connectivity index (χ0n) is 11.2. The van der Waals surface area contributed by atoms with E-state index < -0.39 is 0 Å². The molecule has 0 radical (unpaired) electrons. The molecule has 4 heteroatoms. The second-order valence-corrected chi connectivity index (χ2v) is 5.25. The molecule has 2 heterocycles. The van der Waals surface area contributed by atoms with Gasteiger partial charge in [-0.2, -0.15) is 5.10 Å². The fraction of sp³-hybridized carbons (Fsp3) is 0.769. The molecule has 1 saturated heterocycles. The molecular formula is C13H24N4. The summed E-state index contributed by atoms with van der Waals surface area (Å²) >= 11 is 0. The molecule has 0 saturated carbocycles. The zero-order chi connectivity index (χ0) is 12.4. The fourth-order valence-electron chi connectivity index (χ4n) is 2.76. The molecule has 2 N–H and O–H groups in total. The number of piperidine rings is 1. The number of aromatic nitrogens is 2. The number of nitrogens with zero attached hydrogens (tertiary/aromatic N) is 3. The van der Waals surface area contributed by atoms with E-state index in [1.807, 2.05) is 11.7 Å². The van der Waals surface area contributed by atoms with Gasteiger partial charge in [0.25, 0.3) is 0 Å². The molecule has 0 spiro atoms. The van der Waals surface area contributed by atoms with Gasteiger partial charge in [0, 0.05) is 20.1 Å². The highest BCUT2D eigenvalue weighted by molar-refractivity contribution is 5.66. The van der Waals surface area contributed by atoms with Crippen LogP contribution in [0.25, 0.3) is 0 Å². The van der Waals surface area contributed by atoms with Crippen molar-refractivity contribution >= 4 is 11.5 Å². The second kappa shape index (κ2) is 4.98. The molecule has 0 bridgehead atoms. The van der Waals surface area contributed by atoms with Crippen LogP contribution < -0.4 is 10.6 Å². The number of rotatable bonds is 3. The summed E-state index contributed by atoms with van der Waals surface area (Å²) in [5.74, 6) is 1.88. The van der Waals surface area contributed by atoms with Gasteiger partial charge in [-0.1, -0.05) is 20.3 Å². The first-order valence-electron chi connectivity index (χ1n) is 6.69. The largest absolute Gasteiger partial charge is 0.394 e. The lowest BCUT2D eigenvalue weighted by Crippen LogP contribution is -2.35. The highest BCUT2D eigenvalue weighted by Gasteiger charge is 2.23. The molecular weight excluding hydrogens is 212 g/mol. The average molecular weight is 236 g/mol. The molecule has 1 aromatic rings. The minimum Gasteiger partial charge on any atom is -0.394 e. The first kappa shape index (κ1) is 12.3. The molecule has 1 aliphatic heterocycles. The third-order valence-corrected chi connectivity index (χ3v) is 3.57. The van der Waals surface area contributed by atoms with E-state index in [1.165, 1.54) is 12.8 Å². The van der Waals surface area contributed by atoms with Crippen molar-refractivity contribution in [2.24, 2.45) is 13.0 Å². The van der Waals surface area contributed by atoms with Gasteiger partial charge in [-0.15, -0.1) is 0 Å². The Hall–Kier alpha value is -1.19. The summed E-state index contributed by atoms with van der Waals surface area (Å²) in [5, 5.41) is 4.55. The summed E-state index contributed by atoms with van der Waals surface area (Å²) in [6.07, 6.45) is 4.66. The monoisotopic (exact) mass is 236 g/mol. The van der Waals surface area contributed by atoms with Gasteiger partial charge in [0.05, 0.1) is 11.4 Å². The van der Waals surface area contributed by atoms with Crippen LogP contribution in [0.5, 0.6) is 0 Å². The average Bonchev–Trinajstić information content (AvgIpc) is 2.55. The van der Waals surface area contributed by atoms with Crippen LogP contribution in [0.3, 0.4) is 0 Å². The number of aryl methyl sites for hydroxylation is 2. The number of nitrogen functional groups attached to an aromatic ring is 1. The number of hydrogen-bond donors (Lipinski definition) is 1. The molecule has 0 aliphatic carbocycles. The molecule has 1 unspecified atom stereocenters. The highest BCUT2D eigenvalue weighted by atomic mass is 15.4. The van der Waals surface area contributed by atoms with Crippen LogP contribution in [-0.4, -0.2) is 22.9 Å². The molecule has 1 aliphatic rings. The first-order valence-corrected chi connectivity index (χ1v) is 6.69. The van der Waals surface area contributed by atoms with Gasteiger partial charge in [0.2, 0.25) is 0 Å². The van der Waals surface area contributed by atoms with E-state index in [0.717, 1.165) is 49.0 Å². The predicted octanol–water partition coefficient (Wildman–Crippen LogP) is 2.19. The van der Waals surface area contributed by atoms with Crippen molar-refractivity contribution in [3.05, 3.63) is 5.69 Å². The molecule has 4 nitrogen and oxygen atoms in total. The van der Waals surface area contributed by atoms with E-state index >= 15 is 0 Å². The number of hydrogen-bond acceptors (Lipinski definition) is 3. The van der Waals surface area contributed by atoms with E-state index in [4.69, 9.17) is 5.73 Å². The van der Waals surface area contributed by atoms with E-state index in [0.29, 0.717) is 0 Å². The molecule has 1 atom stereocenters. The maximum atomic E-state index is 6.24. The predicted molar refractivity (Wildman–Crippen MR) is 72.2 cm³/mol. The molecule has 96 valence electrons. The summed E-state index contributed by atoms with van der Waals surface area (Å²) in [6.45, 7) is 6.69. The van der Waals surface area contributed by atoms with Crippen molar-refractivity contribution in [2.45, 2.75) is 39.5 Å². The molecule has 1 aromatic heterocycles. The molecule has 2 rings (SSSR count). The standard InChI is InChI=1S/C13H24N4/c1-4-6-11-12(14)13(16(3)15-11)17-8-5-7-10(2)9-17/h10H,4-9,14H2,1-3H3. The van der Waals surface area contributed by atoms with Gasteiger partial charge < -0.3 is 10.6 Å².